The molecule has 0 unspecified atom stereocenters. The first-order valence-electron chi connectivity index (χ1n) is 8.64. The molecule has 3 rings (SSSR count). The molecule has 1 aromatic heterocycles. The van der Waals surface area contributed by atoms with Gasteiger partial charge in [0.25, 0.3) is 5.91 Å². The summed E-state index contributed by atoms with van der Waals surface area (Å²) in [6, 6.07) is 12.7. The maximum atomic E-state index is 13.0. The lowest BCUT2D eigenvalue weighted by molar-refractivity contribution is -0.148. The monoisotopic (exact) mass is 338 g/mol. The van der Waals surface area contributed by atoms with Crippen LogP contribution < -0.4 is 0 Å². The first-order valence-corrected chi connectivity index (χ1v) is 8.64. The van der Waals surface area contributed by atoms with E-state index in [9.17, 15) is 9.59 Å². The van der Waals surface area contributed by atoms with Crippen molar-refractivity contribution in [2.75, 3.05) is 6.61 Å². The molecule has 0 radical (unpaired) electrons. The van der Waals surface area contributed by atoms with Crippen molar-refractivity contribution < 1.29 is 14.3 Å². The summed E-state index contributed by atoms with van der Waals surface area (Å²) < 4.78 is 5.27. The van der Waals surface area contributed by atoms with Crippen molar-refractivity contribution >= 4 is 11.9 Å². The van der Waals surface area contributed by atoms with Crippen molar-refractivity contribution in [3.63, 3.8) is 0 Å². The SMILES string of the molecule is CCOC(=O)[C@@H](Cc1ccccc1)N(C(=O)c1cccnc1)C1CC1. The maximum Gasteiger partial charge on any atom is 0.329 e. The summed E-state index contributed by atoms with van der Waals surface area (Å²) in [5.41, 5.74) is 1.50. The summed E-state index contributed by atoms with van der Waals surface area (Å²) in [5, 5.41) is 0. The molecule has 5 nitrogen and oxygen atoms in total. The van der Waals surface area contributed by atoms with Gasteiger partial charge in [-0.3, -0.25) is 9.78 Å². The van der Waals surface area contributed by atoms with Gasteiger partial charge in [-0.25, -0.2) is 4.79 Å². The van der Waals surface area contributed by atoms with Crippen molar-refractivity contribution in [3.05, 3.63) is 66.0 Å². The highest BCUT2D eigenvalue weighted by Gasteiger charge is 2.41. The fourth-order valence-electron chi connectivity index (χ4n) is 2.92. The van der Waals surface area contributed by atoms with Gasteiger partial charge in [0.2, 0.25) is 0 Å². The molecule has 0 aliphatic heterocycles. The van der Waals surface area contributed by atoms with Crippen LogP contribution in [0.3, 0.4) is 0 Å². The average molecular weight is 338 g/mol. The summed E-state index contributed by atoms with van der Waals surface area (Å²) in [6.45, 7) is 2.07. The molecule has 0 N–H and O–H groups in total. The number of ether oxygens (including phenoxy) is 1. The molecule has 1 amide bonds. The molecule has 1 saturated carbocycles. The zero-order chi connectivity index (χ0) is 17.6. The number of aromatic nitrogens is 1. The van der Waals surface area contributed by atoms with Crippen molar-refractivity contribution in [1.29, 1.82) is 0 Å². The molecule has 2 aromatic rings. The number of benzene rings is 1. The number of carbonyl (C=O) groups is 2. The Kier molecular flexibility index (Phi) is 5.43. The minimum atomic E-state index is -0.623. The number of carbonyl (C=O) groups excluding carboxylic acids is 2. The quantitative estimate of drug-likeness (QED) is 0.729. The number of pyridine rings is 1. The van der Waals surface area contributed by atoms with Crippen molar-refractivity contribution in [2.45, 2.75) is 38.3 Å². The minimum absolute atomic E-state index is 0.0887. The van der Waals surface area contributed by atoms with Crippen LogP contribution in [-0.2, 0) is 16.0 Å². The summed E-state index contributed by atoms with van der Waals surface area (Å²) in [4.78, 5) is 31.4. The van der Waals surface area contributed by atoms with Crippen LogP contribution in [0, 0.1) is 0 Å². The topological polar surface area (TPSA) is 59.5 Å². The standard InChI is InChI=1S/C20H22N2O3/c1-2-25-20(24)18(13-15-7-4-3-5-8-15)22(17-10-11-17)19(23)16-9-6-12-21-14-16/h3-9,12,14,17-18H,2,10-11,13H2,1H3/t18-/m1/s1. The van der Waals surface area contributed by atoms with E-state index in [2.05, 4.69) is 4.98 Å². The Morgan fingerprint density at radius 2 is 1.96 bits per heavy atom. The lowest BCUT2D eigenvalue weighted by Gasteiger charge is -2.30. The largest absolute Gasteiger partial charge is 0.464 e. The van der Waals surface area contributed by atoms with Crippen LogP contribution in [0.15, 0.2) is 54.9 Å². The van der Waals surface area contributed by atoms with Gasteiger partial charge in [0.15, 0.2) is 0 Å². The number of hydrogen-bond acceptors (Lipinski definition) is 4. The van der Waals surface area contributed by atoms with Gasteiger partial charge < -0.3 is 9.64 Å². The normalized spacial score (nSPS) is 14.6. The van der Waals surface area contributed by atoms with Gasteiger partial charge in [0.05, 0.1) is 12.2 Å². The highest BCUT2D eigenvalue weighted by Crippen LogP contribution is 2.31. The van der Waals surface area contributed by atoms with Gasteiger partial charge in [-0.2, -0.15) is 0 Å². The second-order valence-electron chi connectivity index (χ2n) is 6.14. The third-order valence-electron chi connectivity index (χ3n) is 4.25. The van der Waals surface area contributed by atoms with Gasteiger partial charge in [0.1, 0.15) is 6.04 Å². The molecule has 1 aliphatic carbocycles. The Morgan fingerprint density at radius 3 is 2.56 bits per heavy atom. The smallest absolute Gasteiger partial charge is 0.329 e. The molecule has 130 valence electrons. The average Bonchev–Trinajstić information content (AvgIpc) is 3.48. The van der Waals surface area contributed by atoms with Gasteiger partial charge in [-0.05, 0) is 37.5 Å². The molecule has 0 spiro atoms. The first-order chi connectivity index (χ1) is 12.2. The third kappa shape index (κ3) is 4.24. The Balaban J connectivity index is 1.90. The number of amides is 1. The second kappa shape index (κ2) is 7.92. The lowest BCUT2D eigenvalue weighted by Crippen LogP contribution is -2.48. The summed E-state index contributed by atoms with van der Waals surface area (Å²) in [6.07, 6.45) is 5.45. The Bertz CT molecular complexity index is 714. The highest BCUT2D eigenvalue weighted by molar-refractivity contribution is 5.97. The molecular formula is C20H22N2O3. The van der Waals surface area contributed by atoms with Crippen molar-refractivity contribution in [2.24, 2.45) is 0 Å². The van der Waals surface area contributed by atoms with E-state index in [1.54, 1.807) is 36.4 Å². The number of rotatable bonds is 7. The highest BCUT2D eigenvalue weighted by atomic mass is 16.5. The zero-order valence-corrected chi connectivity index (χ0v) is 14.3. The van der Waals surface area contributed by atoms with E-state index < -0.39 is 6.04 Å². The molecule has 5 heteroatoms. The molecule has 1 fully saturated rings. The first kappa shape index (κ1) is 17.1. The van der Waals surface area contributed by atoms with Crippen LogP contribution >= 0.6 is 0 Å². The zero-order valence-electron chi connectivity index (χ0n) is 14.3. The molecule has 0 bridgehead atoms. The molecule has 1 aliphatic rings. The fourth-order valence-corrected chi connectivity index (χ4v) is 2.92. The molecule has 1 atom stereocenters. The number of hydrogen-bond donors (Lipinski definition) is 0. The minimum Gasteiger partial charge on any atom is -0.464 e. The van der Waals surface area contributed by atoms with Crippen LogP contribution in [0.4, 0.5) is 0 Å². The molecule has 1 aromatic carbocycles. The van der Waals surface area contributed by atoms with Crippen LogP contribution in [-0.4, -0.2) is 40.5 Å². The Morgan fingerprint density at radius 1 is 1.20 bits per heavy atom. The molecule has 25 heavy (non-hydrogen) atoms. The van der Waals surface area contributed by atoms with Gasteiger partial charge >= 0.3 is 5.97 Å². The summed E-state index contributed by atoms with van der Waals surface area (Å²) in [5.74, 6) is -0.514. The molecular weight excluding hydrogens is 316 g/mol. The van der Waals surface area contributed by atoms with Gasteiger partial charge in [0, 0.05) is 24.9 Å². The van der Waals surface area contributed by atoms with Crippen LogP contribution in [0.1, 0.15) is 35.7 Å². The van der Waals surface area contributed by atoms with E-state index in [0.29, 0.717) is 18.6 Å². The predicted octanol–water partition coefficient (Wildman–Crippen LogP) is 2.86. The van der Waals surface area contributed by atoms with Crippen LogP contribution in [0.25, 0.3) is 0 Å². The molecule has 1 heterocycles. The van der Waals surface area contributed by atoms with Crippen molar-refractivity contribution in [3.8, 4) is 0 Å². The van der Waals surface area contributed by atoms with Crippen LogP contribution in [0.5, 0.6) is 0 Å². The third-order valence-corrected chi connectivity index (χ3v) is 4.25. The number of nitrogens with zero attached hydrogens (tertiary/aromatic N) is 2. The van der Waals surface area contributed by atoms with Crippen LogP contribution in [0.2, 0.25) is 0 Å². The fraction of sp³-hybridized carbons (Fsp3) is 0.350. The maximum absolute atomic E-state index is 13.0. The second-order valence-corrected chi connectivity index (χ2v) is 6.14. The summed E-state index contributed by atoms with van der Waals surface area (Å²) in [7, 11) is 0. The van der Waals surface area contributed by atoms with E-state index in [1.165, 1.54) is 0 Å². The molecule has 0 saturated heterocycles. The van der Waals surface area contributed by atoms with Crippen molar-refractivity contribution in [1.82, 2.24) is 9.88 Å². The predicted molar refractivity (Wildman–Crippen MR) is 94.0 cm³/mol. The number of esters is 1. The summed E-state index contributed by atoms with van der Waals surface area (Å²) >= 11 is 0. The lowest BCUT2D eigenvalue weighted by atomic mass is 10.0. The van der Waals surface area contributed by atoms with E-state index in [4.69, 9.17) is 4.74 Å². The van der Waals surface area contributed by atoms with E-state index in [1.807, 2.05) is 30.3 Å². The van der Waals surface area contributed by atoms with E-state index in [-0.39, 0.29) is 17.9 Å². The van der Waals surface area contributed by atoms with E-state index >= 15 is 0 Å². The Labute approximate surface area is 147 Å². The van der Waals surface area contributed by atoms with Gasteiger partial charge in [-0.1, -0.05) is 30.3 Å². The van der Waals surface area contributed by atoms with Gasteiger partial charge in [-0.15, -0.1) is 0 Å². The van der Waals surface area contributed by atoms with E-state index in [0.717, 1.165) is 18.4 Å². The Hall–Kier alpha value is -2.69.